The molecule has 0 atom stereocenters. The molecule has 0 saturated carbocycles. The van der Waals surface area contributed by atoms with E-state index in [4.69, 9.17) is 4.74 Å². The Bertz CT molecular complexity index is 962. The van der Waals surface area contributed by atoms with E-state index in [9.17, 15) is 9.59 Å². The van der Waals surface area contributed by atoms with Gasteiger partial charge in [-0.25, -0.2) is 0 Å². The highest BCUT2D eigenvalue weighted by Gasteiger charge is 2.33. The molecule has 2 aromatic carbocycles. The first-order chi connectivity index (χ1) is 14.1. The van der Waals surface area contributed by atoms with Crippen LogP contribution in [0, 0.1) is 0 Å². The number of amides is 2. The van der Waals surface area contributed by atoms with Gasteiger partial charge in [0.15, 0.2) is 0 Å². The van der Waals surface area contributed by atoms with Crippen molar-refractivity contribution >= 4 is 23.2 Å². The van der Waals surface area contributed by atoms with E-state index < -0.39 is 0 Å². The summed E-state index contributed by atoms with van der Waals surface area (Å²) in [4.78, 5) is 31.6. The smallest absolute Gasteiger partial charge is 0.253 e. The second-order valence-corrected chi connectivity index (χ2v) is 7.95. The Balaban J connectivity index is 1.30. The molecule has 3 aliphatic heterocycles. The third-order valence-electron chi connectivity index (χ3n) is 6.26. The maximum Gasteiger partial charge on any atom is 0.253 e. The van der Waals surface area contributed by atoms with E-state index in [1.165, 1.54) is 0 Å². The van der Waals surface area contributed by atoms with Crippen LogP contribution < -0.4 is 14.5 Å². The van der Waals surface area contributed by atoms with Crippen molar-refractivity contribution in [3.05, 3.63) is 53.1 Å². The highest BCUT2D eigenvalue weighted by molar-refractivity contribution is 6.04. The number of hydrogen-bond acceptors (Lipinski definition) is 4. The van der Waals surface area contributed by atoms with Crippen molar-refractivity contribution in [1.82, 2.24) is 4.90 Å². The summed E-state index contributed by atoms with van der Waals surface area (Å²) in [5.41, 5.74) is 5.13. The van der Waals surface area contributed by atoms with Crippen LogP contribution in [0.15, 0.2) is 36.4 Å². The Morgan fingerprint density at radius 3 is 2.41 bits per heavy atom. The van der Waals surface area contributed by atoms with Crippen molar-refractivity contribution in [3.63, 3.8) is 0 Å². The fourth-order valence-corrected chi connectivity index (χ4v) is 4.75. The fraction of sp³-hybridized carbons (Fsp3) is 0.391. The van der Waals surface area contributed by atoms with Crippen molar-refractivity contribution in [2.45, 2.75) is 19.3 Å². The van der Waals surface area contributed by atoms with Crippen molar-refractivity contribution < 1.29 is 14.3 Å². The molecule has 0 unspecified atom stereocenters. The molecule has 150 valence electrons. The van der Waals surface area contributed by atoms with Crippen molar-refractivity contribution in [3.8, 4) is 5.75 Å². The minimum atomic E-state index is 0.0786. The number of ether oxygens (including phenoxy) is 1. The minimum absolute atomic E-state index is 0.0786. The van der Waals surface area contributed by atoms with Crippen molar-refractivity contribution in [2.75, 3.05) is 49.6 Å². The quantitative estimate of drug-likeness (QED) is 0.807. The lowest BCUT2D eigenvalue weighted by atomic mass is 9.96. The van der Waals surface area contributed by atoms with Gasteiger partial charge in [-0.05, 0) is 60.4 Å². The third-order valence-corrected chi connectivity index (χ3v) is 6.26. The van der Waals surface area contributed by atoms with Gasteiger partial charge in [-0.15, -0.1) is 0 Å². The Kier molecular flexibility index (Phi) is 4.42. The lowest BCUT2D eigenvalue weighted by Gasteiger charge is -2.36. The normalized spacial score (nSPS) is 18.1. The van der Waals surface area contributed by atoms with Gasteiger partial charge in [-0.2, -0.15) is 0 Å². The number of nitrogens with zero attached hydrogens (tertiary/aromatic N) is 3. The van der Waals surface area contributed by atoms with E-state index in [1.54, 1.807) is 7.11 Å². The predicted octanol–water partition coefficient (Wildman–Crippen LogP) is 2.49. The summed E-state index contributed by atoms with van der Waals surface area (Å²) in [6.45, 7) is 3.81. The van der Waals surface area contributed by atoms with E-state index in [0.717, 1.165) is 66.3 Å². The Morgan fingerprint density at radius 1 is 0.966 bits per heavy atom. The van der Waals surface area contributed by atoms with E-state index >= 15 is 0 Å². The second-order valence-electron chi connectivity index (χ2n) is 7.95. The molecule has 29 heavy (non-hydrogen) atoms. The molecule has 2 aromatic rings. The van der Waals surface area contributed by atoms with E-state index in [1.807, 2.05) is 34.1 Å². The van der Waals surface area contributed by atoms with E-state index in [0.29, 0.717) is 19.5 Å². The summed E-state index contributed by atoms with van der Waals surface area (Å²) in [6, 6.07) is 12.0. The first-order valence-electron chi connectivity index (χ1n) is 10.3. The number of carbonyl (C=O) groups is 2. The van der Waals surface area contributed by atoms with Crippen molar-refractivity contribution in [1.29, 1.82) is 0 Å². The van der Waals surface area contributed by atoms with Crippen LogP contribution in [0.25, 0.3) is 0 Å². The molecule has 6 nitrogen and oxygen atoms in total. The maximum absolute atomic E-state index is 13.2. The standard InChI is InChI=1S/C23H25N3O3/c1-29-20-6-4-19(5-7-20)24-9-11-25(12-10-24)23(28)18-13-16-3-2-8-26-21(27)15-17(14-18)22(16)26/h4-7,13-14H,2-3,8-12,15H2,1H3. The summed E-state index contributed by atoms with van der Waals surface area (Å²) in [7, 11) is 1.67. The molecule has 0 aliphatic carbocycles. The minimum Gasteiger partial charge on any atom is -0.497 e. The zero-order chi connectivity index (χ0) is 20.0. The van der Waals surface area contributed by atoms with Crippen LogP contribution in [0.1, 0.15) is 27.9 Å². The van der Waals surface area contributed by atoms with Gasteiger partial charge in [0.25, 0.3) is 5.91 Å². The van der Waals surface area contributed by atoms with Gasteiger partial charge in [-0.1, -0.05) is 0 Å². The predicted molar refractivity (Wildman–Crippen MR) is 112 cm³/mol. The molecule has 0 N–H and O–H groups in total. The van der Waals surface area contributed by atoms with E-state index in [2.05, 4.69) is 17.0 Å². The number of methoxy groups -OCH3 is 1. The highest BCUT2D eigenvalue weighted by atomic mass is 16.5. The summed E-state index contributed by atoms with van der Waals surface area (Å²) >= 11 is 0. The SMILES string of the molecule is COc1ccc(N2CCN(C(=O)c3cc4c5c(c3)CC(=O)N5CCC4)CC2)cc1. The van der Waals surface area contributed by atoms with Crippen molar-refractivity contribution in [2.24, 2.45) is 0 Å². The van der Waals surface area contributed by atoms with Crippen LogP contribution in [0.2, 0.25) is 0 Å². The number of hydrogen-bond donors (Lipinski definition) is 0. The van der Waals surface area contributed by atoms with Gasteiger partial charge in [0.1, 0.15) is 5.75 Å². The molecule has 2 amide bonds. The molecular formula is C23H25N3O3. The van der Waals surface area contributed by atoms with Gasteiger partial charge in [0.2, 0.25) is 5.91 Å². The number of carbonyl (C=O) groups excluding carboxylic acids is 2. The van der Waals surface area contributed by atoms with Crippen LogP contribution >= 0.6 is 0 Å². The zero-order valence-corrected chi connectivity index (χ0v) is 16.7. The zero-order valence-electron chi connectivity index (χ0n) is 16.7. The van der Waals surface area contributed by atoms with Gasteiger partial charge < -0.3 is 19.4 Å². The molecule has 6 heteroatoms. The molecule has 3 heterocycles. The van der Waals surface area contributed by atoms with Crippen LogP contribution in [0.4, 0.5) is 11.4 Å². The molecule has 0 aromatic heterocycles. The molecule has 5 rings (SSSR count). The van der Waals surface area contributed by atoms with Crippen LogP contribution in [0.3, 0.4) is 0 Å². The monoisotopic (exact) mass is 391 g/mol. The average molecular weight is 391 g/mol. The molecule has 0 bridgehead atoms. The molecule has 1 fully saturated rings. The van der Waals surface area contributed by atoms with E-state index in [-0.39, 0.29) is 11.8 Å². The first-order valence-corrected chi connectivity index (χ1v) is 10.3. The number of rotatable bonds is 3. The number of anilines is 2. The topological polar surface area (TPSA) is 53.1 Å². The summed E-state index contributed by atoms with van der Waals surface area (Å²) in [6.07, 6.45) is 2.34. The highest BCUT2D eigenvalue weighted by Crippen LogP contribution is 2.37. The number of aryl methyl sites for hydroxylation is 1. The third kappa shape index (κ3) is 3.12. The number of benzene rings is 2. The lowest BCUT2D eigenvalue weighted by Crippen LogP contribution is -2.48. The molecule has 1 saturated heterocycles. The fourth-order valence-electron chi connectivity index (χ4n) is 4.75. The molecule has 3 aliphatic rings. The average Bonchev–Trinajstić information content (AvgIpc) is 3.10. The van der Waals surface area contributed by atoms with Crippen LogP contribution in [-0.4, -0.2) is 56.5 Å². The summed E-state index contributed by atoms with van der Waals surface area (Å²) in [5, 5.41) is 0. The number of piperazine rings is 1. The Morgan fingerprint density at radius 2 is 1.69 bits per heavy atom. The molecular weight excluding hydrogens is 366 g/mol. The largest absolute Gasteiger partial charge is 0.497 e. The Labute approximate surface area is 170 Å². The van der Waals surface area contributed by atoms with Crippen LogP contribution in [-0.2, 0) is 17.6 Å². The van der Waals surface area contributed by atoms with Gasteiger partial charge in [-0.3, -0.25) is 9.59 Å². The summed E-state index contributed by atoms with van der Waals surface area (Å²) in [5.74, 6) is 1.09. The van der Waals surface area contributed by atoms with Gasteiger partial charge >= 0.3 is 0 Å². The maximum atomic E-state index is 13.2. The summed E-state index contributed by atoms with van der Waals surface area (Å²) < 4.78 is 5.23. The van der Waals surface area contributed by atoms with Crippen LogP contribution in [0.5, 0.6) is 5.75 Å². The molecule has 0 radical (unpaired) electrons. The first kappa shape index (κ1) is 18.0. The van der Waals surface area contributed by atoms with Gasteiger partial charge in [0, 0.05) is 44.0 Å². The second kappa shape index (κ2) is 7.10. The molecule has 0 spiro atoms. The lowest BCUT2D eigenvalue weighted by molar-refractivity contribution is -0.117. The van der Waals surface area contributed by atoms with Gasteiger partial charge in [0.05, 0.1) is 19.2 Å². The Hall–Kier alpha value is -3.02.